The van der Waals surface area contributed by atoms with Gasteiger partial charge >= 0.3 is 0 Å². The third kappa shape index (κ3) is 3.78. The summed E-state index contributed by atoms with van der Waals surface area (Å²) in [7, 11) is 1.75. The number of hydrogen-bond acceptors (Lipinski definition) is 7. The fourth-order valence-electron chi connectivity index (χ4n) is 2.47. The Labute approximate surface area is 119 Å². The smallest absolute Gasteiger partial charge is 0.158 e. The molecule has 112 valence electrons. The Morgan fingerprint density at radius 3 is 2.85 bits per heavy atom. The first-order valence-corrected chi connectivity index (χ1v) is 6.98. The van der Waals surface area contributed by atoms with Crippen LogP contribution in [0.4, 0.5) is 11.6 Å². The highest BCUT2D eigenvalue weighted by atomic mass is 16.5. The molecule has 2 unspecified atom stereocenters. The minimum absolute atomic E-state index is 0.231. The summed E-state index contributed by atoms with van der Waals surface area (Å²) in [5.74, 6) is 7.37. The average Bonchev–Trinajstić information content (AvgIpc) is 2.92. The van der Waals surface area contributed by atoms with Crippen LogP contribution < -0.4 is 16.6 Å². The van der Waals surface area contributed by atoms with Crippen molar-refractivity contribution in [3.8, 4) is 0 Å². The number of nitrogens with one attached hydrogen (secondary N) is 2. The molecular weight excluding hydrogens is 258 g/mol. The van der Waals surface area contributed by atoms with E-state index in [1.54, 1.807) is 13.2 Å². The van der Waals surface area contributed by atoms with Crippen molar-refractivity contribution in [2.24, 2.45) is 5.84 Å². The molecule has 20 heavy (non-hydrogen) atoms. The van der Waals surface area contributed by atoms with E-state index >= 15 is 0 Å². The summed E-state index contributed by atoms with van der Waals surface area (Å²) in [5.41, 5.74) is 2.56. The van der Waals surface area contributed by atoms with Crippen LogP contribution in [-0.4, -0.2) is 35.8 Å². The maximum absolute atomic E-state index is 5.48. The minimum Gasteiger partial charge on any atom is -0.379 e. The maximum Gasteiger partial charge on any atom is 0.158 e. The van der Waals surface area contributed by atoms with Crippen molar-refractivity contribution in [2.45, 2.75) is 44.9 Å². The predicted molar refractivity (Wildman–Crippen MR) is 77.2 cm³/mol. The Balaban J connectivity index is 2.09. The van der Waals surface area contributed by atoms with Gasteiger partial charge in [0, 0.05) is 19.8 Å². The Kier molecular flexibility index (Phi) is 5.51. The van der Waals surface area contributed by atoms with E-state index < -0.39 is 0 Å². The van der Waals surface area contributed by atoms with E-state index in [9.17, 15) is 0 Å². The lowest BCUT2D eigenvalue weighted by Crippen LogP contribution is -2.30. The molecule has 4 N–H and O–H groups in total. The molecule has 1 aliphatic carbocycles. The van der Waals surface area contributed by atoms with Crippen LogP contribution in [0.5, 0.6) is 0 Å². The number of rotatable bonds is 7. The van der Waals surface area contributed by atoms with Gasteiger partial charge in [-0.05, 0) is 26.2 Å². The monoisotopic (exact) mass is 281 g/mol. The van der Waals surface area contributed by atoms with E-state index in [0.717, 1.165) is 25.1 Å². The van der Waals surface area contributed by atoms with Gasteiger partial charge in [-0.25, -0.2) is 15.8 Å². The molecule has 0 aliphatic heterocycles. The van der Waals surface area contributed by atoms with Crippen molar-refractivity contribution >= 4 is 11.6 Å². The molecule has 1 aliphatic rings. The fraction of sp³-hybridized carbons (Fsp3) is 0.692. The van der Waals surface area contributed by atoms with Crippen LogP contribution in [0.3, 0.4) is 0 Å². The van der Waals surface area contributed by atoms with E-state index in [-0.39, 0.29) is 12.1 Å². The third-order valence-corrected chi connectivity index (χ3v) is 3.44. The van der Waals surface area contributed by atoms with Gasteiger partial charge in [0.1, 0.15) is 18.2 Å². The van der Waals surface area contributed by atoms with Gasteiger partial charge < -0.3 is 20.2 Å². The highest BCUT2D eigenvalue weighted by Gasteiger charge is 2.27. The molecule has 0 spiro atoms. The number of hydrazine groups is 1. The van der Waals surface area contributed by atoms with Crippen LogP contribution in [0.15, 0.2) is 6.07 Å². The lowest BCUT2D eigenvalue weighted by molar-refractivity contribution is 0.101. The van der Waals surface area contributed by atoms with Crippen LogP contribution in [0, 0.1) is 0 Å². The average molecular weight is 281 g/mol. The van der Waals surface area contributed by atoms with E-state index in [4.69, 9.17) is 15.3 Å². The summed E-state index contributed by atoms with van der Waals surface area (Å²) < 4.78 is 10.8. The van der Waals surface area contributed by atoms with Crippen LogP contribution in [-0.2, 0) is 16.1 Å². The van der Waals surface area contributed by atoms with Crippen LogP contribution in [0.1, 0.15) is 32.0 Å². The van der Waals surface area contributed by atoms with Gasteiger partial charge in [-0.15, -0.1) is 0 Å². The van der Waals surface area contributed by atoms with Crippen molar-refractivity contribution in [1.29, 1.82) is 0 Å². The van der Waals surface area contributed by atoms with Gasteiger partial charge in [0.15, 0.2) is 5.82 Å². The molecule has 1 aromatic rings. The highest BCUT2D eigenvalue weighted by molar-refractivity contribution is 5.47. The lowest BCUT2D eigenvalue weighted by Gasteiger charge is -2.20. The zero-order valence-corrected chi connectivity index (χ0v) is 12.1. The van der Waals surface area contributed by atoms with Gasteiger partial charge in [-0.3, -0.25) is 0 Å². The molecule has 2 rings (SSSR count). The fourth-order valence-corrected chi connectivity index (χ4v) is 2.47. The number of methoxy groups -OCH3 is 1. The lowest BCUT2D eigenvalue weighted by atomic mass is 10.2. The normalized spacial score (nSPS) is 21.9. The summed E-state index contributed by atoms with van der Waals surface area (Å²) in [4.78, 5) is 8.71. The van der Waals surface area contributed by atoms with Crippen LogP contribution in [0.2, 0.25) is 0 Å². The Bertz CT molecular complexity index is 429. The summed E-state index contributed by atoms with van der Waals surface area (Å²) >= 11 is 0. The van der Waals surface area contributed by atoms with Crippen molar-refractivity contribution in [3.63, 3.8) is 0 Å². The molecule has 0 saturated heterocycles. The second kappa shape index (κ2) is 7.37. The Morgan fingerprint density at radius 2 is 2.15 bits per heavy atom. The SMILES string of the molecule is CCOCc1nc(NN)cc(NC2CCCC2OC)n1. The summed E-state index contributed by atoms with van der Waals surface area (Å²) in [6.45, 7) is 2.94. The predicted octanol–water partition coefficient (Wildman–Crippen LogP) is 1.28. The third-order valence-electron chi connectivity index (χ3n) is 3.44. The highest BCUT2D eigenvalue weighted by Crippen LogP contribution is 2.25. The summed E-state index contributed by atoms with van der Waals surface area (Å²) in [6.07, 6.45) is 3.55. The van der Waals surface area contributed by atoms with Crippen molar-refractivity contribution in [1.82, 2.24) is 9.97 Å². The number of nitrogens with zero attached hydrogens (tertiary/aromatic N) is 2. The second-order valence-electron chi connectivity index (χ2n) is 4.79. The van der Waals surface area contributed by atoms with Gasteiger partial charge in [0.05, 0.1) is 12.1 Å². The molecule has 2 atom stereocenters. The first kappa shape index (κ1) is 15.0. The van der Waals surface area contributed by atoms with Crippen LogP contribution in [0.25, 0.3) is 0 Å². The standard InChI is InChI=1S/C13H23N5O2/c1-3-20-8-13-16-11(7-12(17-13)18-14)15-9-5-4-6-10(9)19-2/h7,9-10H,3-6,8,14H2,1-2H3,(H2,15,16,17,18). The van der Waals surface area contributed by atoms with Gasteiger partial charge in [0.25, 0.3) is 0 Å². The molecule has 0 bridgehead atoms. The number of aromatic nitrogens is 2. The van der Waals surface area contributed by atoms with Crippen molar-refractivity contribution in [2.75, 3.05) is 24.5 Å². The molecule has 7 nitrogen and oxygen atoms in total. The Morgan fingerprint density at radius 1 is 1.35 bits per heavy atom. The van der Waals surface area contributed by atoms with E-state index in [1.807, 2.05) is 6.92 Å². The Hall–Kier alpha value is -1.44. The van der Waals surface area contributed by atoms with E-state index in [1.165, 1.54) is 0 Å². The van der Waals surface area contributed by atoms with Crippen LogP contribution >= 0.6 is 0 Å². The van der Waals surface area contributed by atoms with Gasteiger partial charge in [-0.2, -0.15) is 0 Å². The molecule has 0 radical (unpaired) electrons. The quantitative estimate of drug-likeness (QED) is 0.512. The van der Waals surface area contributed by atoms with Gasteiger partial charge in [-0.1, -0.05) is 0 Å². The molecule has 1 saturated carbocycles. The molecule has 1 fully saturated rings. The summed E-state index contributed by atoms with van der Waals surface area (Å²) in [6, 6.07) is 2.07. The molecular formula is C13H23N5O2. The first-order valence-electron chi connectivity index (χ1n) is 6.98. The largest absolute Gasteiger partial charge is 0.379 e. The minimum atomic E-state index is 0.231. The summed E-state index contributed by atoms with van der Waals surface area (Å²) in [5, 5.41) is 3.41. The zero-order chi connectivity index (χ0) is 14.4. The topological polar surface area (TPSA) is 94.3 Å². The van der Waals surface area contributed by atoms with Gasteiger partial charge in [0.2, 0.25) is 0 Å². The number of nitrogens with two attached hydrogens (primary N) is 1. The number of hydrogen-bond donors (Lipinski definition) is 3. The molecule has 0 aromatic carbocycles. The van der Waals surface area contributed by atoms with E-state index in [2.05, 4.69) is 20.7 Å². The molecule has 1 heterocycles. The van der Waals surface area contributed by atoms with Crippen molar-refractivity contribution in [3.05, 3.63) is 11.9 Å². The first-order chi connectivity index (χ1) is 9.76. The van der Waals surface area contributed by atoms with Crippen molar-refractivity contribution < 1.29 is 9.47 Å². The number of ether oxygens (including phenoxy) is 2. The maximum atomic E-state index is 5.48. The number of nitrogen functional groups attached to an aromatic ring is 1. The molecule has 7 heteroatoms. The zero-order valence-electron chi connectivity index (χ0n) is 12.1. The number of anilines is 2. The molecule has 1 aromatic heterocycles. The molecule has 0 amide bonds. The van der Waals surface area contributed by atoms with E-state index in [0.29, 0.717) is 24.9 Å². The second-order valence-corrected chi connectivity index (χ2v) is 4.79.